The zero-order valence-electron chi connectivity index (χ0n) is 13.8. The highest BCUT2D eigenvalue weighted by atomic mass is 35.5. The Bertz CT molecular complexity index is 823. The predicted octanol–water partition coefficient (Wildman–Crippen LogP) is 3.55. The standard InChI is InChI=1S/C18H17Cl2N3O3/c19-13-4-1-5-14(16(13)20)23-18(25)15-9-11(6-7-21-15)17(24)22-10-12-3-2-8-26-12/h1,4-7,9,12H,2-3,8,10H2,(H,22,24)(H,23,25). The monoisotopic (exact) mass is 393 g/mol. The van der Waals surface area contributed by atoms with Gasteiger partial charge in [-0.15, -0.1) is 0 Å². The lowest BCUT2D eigenvalue weighted by Crippen LogP contribution is -2.32. The number of hydrogen-bond acceptors (Lipinski definition) is 4. The highest BCUT2D eigenvalue weighted by molar-refractivity contribution is 6.44. The third kappa shape index (κ3) is 4.52. The molecule has 136 valence electrons. The number of pyridine rings is 1. The highest BCUT2D eigenvalue weighted by Gasteiger charge is 2.18. The minimum Gasteiger partial charge on any atom is -0.376 e. The molecule has 26 heavy (non-hydrogen) atoms. The lowest BCUT2D eigenvalue weighted by molar-refractivity contribution is 0.0857. The zero-order valence-corrected chi connectivity index (χ0v) is 15.3. The molecule has 2 amide bonds. The van der Waals surface area contributed by atoms with Crippen molar-refractivity contribution in [2.24, 2.45) is 0 Å². The van der Waals surface area contributed by atoms with Gasteiger partial charge in [-0.3, -0.25) is 14.6 Å². The third-order valence-corrected chi connectivity index (χ3v) is 4.79. The van der Waals surface area contributed by atoms with Crippen LogP contribution in [0.25, 0.3) is 0 Å². The van der Waals surface area contributed by atoms with E-state index in [1.54, 1.807) is 24.3 Å². The van der Waals surface area contributed by atoms with Crippen LogP contribution in [0, 0.1) is 0 Å². The number of ether oxygens (including phenoxy) is 1. The van der Waals surface area contributed by atoms with Gasteiger partial charge in [0, 0.05) is 24.9 Å². The number of benzene rings is 1. The van der Waals surface area contributed by atoms with Gasteiger partial charge in [-0.2, -0.15) is 0 Å². The van der Waals surface area contributed by atoms with Gasteiger partial charge in [-0.25, -0.2) is 0 Å². The summed E-state index contributed by atoms with van der Waals surface area (Å²) in [6.07, 6.45) is 3.40. The van der Waals surface area contributed by atoms with Crippen molar-refractivity contribution in [3.8, 4) is 0 Å². The molecule has 1 aliphatic heterocycles. The first kappa shape index (κ1) is 18.6. The smallest absolute Gasteiger partial charge is 0.274 e. The van der Waals surface area contributed by atoms with Gasteiger partial charge < -0.3 is 15.4 Å². The molecule has 8 heteroatoms. The molecule has 1 unspecified atom stereocenters. The number of aromatic nitrogens is 1. The van der Waals surface area contributed by atoms with Crippen molar-refractivity contribution in [2.45, 2.75) is 18.9 Å². The number of nitrogens with one attached hydrogen (secondary N) is 2. The quantitative estimate of drug-likeness (QED) is 0.813. The van der Waals surface area contributed by atoms with Crippen LogP contribution in [0.3, 0.4) is 0 Å². The largest absolute Gasteiger partial charge is 0.376 e. The minimum atomic E-state index is -0.483. The van der Waals surface area contributed by atoms with E-state index in [0.717, 1.165) is 19.4 Å². The molecular formula is C18H17Cl2N3O3. The molecule has 1 fully saturated rings. The van der Waals surface area contributed by atoms with Gasteiger partial charge in [-0.05, 0) is 37.1 Å². The number of amides is 2. The summed E-state index contributed by atoms with van der Waals surface area (Å²) in [5.41, 5.74) is 0.824. The number of halogens is 2. The number of anilines is 1. The molecule has 1 aliphatic rings. The Balaban J connectivity index is 1.66. The lowest BCUT2D eigenvalue weighted by atomic mass is 10.2. The number of carbonyl (C=O) groups is 2. The van der Waals surface area contributed by atoms with E-state index >= 15 is 0 Å². The summed E-state index contributed by atoms with van der Waals surface area (Å²) in [5, 5.41) is 6.03. The molecule has 3 rings (SSSR count). The van der Waals surface area contributed by atoms with E-state index < -0.39 is 5.91 Å². The van der Waals surface area contributed by atoms with Crippen molar-refractivity contribution in [1.29, 1.82) is 0 Å². The predicted molar refractivity (Wildman–Crippen MR) is 100.0 cm³/mol. The Morgan fingerprint density at radius 3 is 2.85 bits per heavy atom. The van der Waals surface area contributed by atoms with E-state index in [2.05, 4.69) is 15.6 Å². The Morgan fingerprint density at radius 1 is 1.23 bits per heavy atom. The van der Waals surface area contributed by atoms with Gasteiger partial charge in [0.05, 0.1) is 21.8 Å². The van der Waals surface area contributed by atoms with Crippen LogP contribution in [0.5, 0.6) is 0 Å². The third-order valence-electron chi connectivity index (χ3n) is 3.97. The van der Waals surface area contributed by atoms with Crippen molar-refractivity contribution < 1.29 is 14.3 Å². The Hall–Kier alpha value is -2.15. The van der Waals surface area contributed by atoms with Crippen LogP contribution in [-0.2, 0) is 4.74 Å². The molecular weight excluding hydrogens is 377 g/mol. The summed E-state index contributed by atoms with van der Waals surface area (Å²) in [4.78, 5) is 28.7. The van der Waals surface area contributed by atoms with Gasteiger partial charge in [0.15, 0.2) is 0 Å². The number of carbonyl (C=O) groups excluding carboxylic acids is 2. The maximum Gasteiger partial charge on any atom is 0.274 e. The molecule has 0 radical (unpaired) electrons. The Labute approximate surface area is 160 Å². The summed E-state index contributed by atoms with van der Waals surface area (Å²) in [6, 6.07) is 7.90. The van der Waals surface area contributed by atoms with Gasteiger partial charge in [0.1, 0.15) is 5.69 Å². The highest BCUT2D eigenvalue weighted by Crippen LogP contribution is 2.29. The van der Waals surface area contributed by atoms with E-state index in [0.29, 0.717) is 22.8 Å². The van der Waals surface area contributed by atoms with E-state index in [1.165, 1.54) is 12.3 Å². The van der Waals surface area contributed by atoms with Crippen molar-refractivity contribution in [3.63, 3.8) is 0 Å². The van der Waals surface area contributed by atoms with E-state index in [9.17, 15) is 9.59 Å². The summed E-state index contributed by atoms with van der Waals surface area (Å²) in [5.74, 6) is -0.763. The molecule has 0 saturated carbocycles. The molecule has 1 atom stereocenters. The maximum absolute atomic E-state index is 12.4. The van der Waals surface area contributed by atoms with Crippen LogP contribution in [-0.4, -0.2) is 36.1 Å². The average Bonchev–Trinajstić information content (AvgIpc) is 3.17. The summed E-state index contributed by atoms with van der Waals surface area (Å²) < 4.78 is 5.47. The topological polar surface area (TPSA) is 80.3 Å². The summed E-state index contributed by atoms with van der Waals surface area (Å²) >= 11 is 12.0. The molecule has 0 bridgehead atoms. The van der Waals surface area contributed by atoms with Crippen LogP contribution in [0.1, 0.15) is 33.7 Å². The van der Waals surface area contributed by atoms with Crippen molar-refractivity contribution in [3.05, 3.63) is 57.8 Å². The van der Waals surface area contributed by atoms with Crippen LogP contribution >= 0.6 is 23.2 Å². The fourth-order valence-corrected chi connectivity index (χ4v) is 2.94. The summed E-state index contributed by atoms with van der Waals surface area (Å²) in [7, 11) is 0. The average molecular weight is 394 g/mol. The second kappa shape index (κ2) is 8.49. The molecule has 1 saturated heterocycles. The summed E-state index contributed by atoms with van der Waals surface area (Å²) in [6.45, 7) is 1.17. The first-order valence-corrected chi connectivity index (χ1v) is 8.91. The fraction of sp³-hybridized carbons (Fsp3) is 0.278. The second-order valence-corrected chi connectivity index (χ2v) is 6.62. The fourth-order valence-electron chi connectivity index (χ4n) is 2.60. The zero-order chi connectivity index (χ0) is 18.5. The van der Waals surface area contributed by atoms with Crippen molar-refractivity contribution in [2.75, 3.05) is 18.5 Å². The molecule has 2 N–H and O–H groups in total. The number of hydrogen-bond donors (Lipinski definition) is 2. The number of rotatable bonds is 5. The van der Waals surface area contributed by atoms with Crippen LogP contribution in [0.15, 0.2) is 36.5 Å². The van der Waals surface area contributed by atoms with Gasteiger partial charge in [0.2, 0.25) is 0 Å². The first-order chi connectivity index (χ1) is 12.5. The normalized spacial score (nSPS) is 16.3. The van der Waals surface area contributed by atoms with Gasteiger partial charge >= 0.3 is 0 Å². The number of nitrogens with zero attached hydrogens (tertiary/aromatic N) is 1. The van der Waals surface area contributed by atoms with Crippen LogP contribution in [0.4, 0.5) is 5.69 Å². The molecule has 1 aromatic carbocycles. The lowest BCUT2D eigenvalue weighted by Gasteiger charge is -2.11. The van der Waals surface area contributed by atoms with Gasteiger partial charge in [-0.1, -0.05) is 29.3 Å². The minimum absolute atomic E-state index is 0.0496. The molecule has 0 spiro atoms. The van der Waals surface area contributed by atoms with Crippen LogP contribution < -0.4 is 10.6 Å². The second-order valence-electron chi connectivity index (χ2n) is 5.83. The molecule has 2 heterocycles. The Morgan fingerprint density at radius 2 is 2.08 bits per heavy atom. The SMILES string of the molecule is O=C(NCC1CCCO1)c1ccnc(C(=O)Nc2cccc(Cl)c2Cl)c1. The van der Waals surface area contributed by atoms with Gasteiger partial charge in [0.25, 0.3) is 11.8 Å². The van der Waals surface area contributed by atoms with Crippen LogP contribution in [0.2, 0.25) is 10.0 Å². The first-order valence-electron chi connectivity index (χ1n) is 8.16. The molecule has 0 aliphatic carbocycles. The molecule has 6 nitrogen and oxygen atoms in total. The molecule has 2 aromatic rings. The van der Waals surface area contributed by atoms with Crippen molar-refractivity contribution >= 4 is 40.7 Å². The Kier molecular flexibility index (Phi) is 6.08. The maximum atomic E-state index is 12.4. The van der Waals surface area contributed by atoms with E-state index in [-0.39, 0.29) is 22.7 Å². The van der Waals surface area contributed by atoms with E-state index in [1.807, 2.05) is 0 Å². The van der Waals surface area contributed by atoms with E-state index in [4.69, 9.17) is 27.9 Å². The molecule has 1 aromatic heterocycles. The van der Waals surface area contributed by atoms with Crippen molar-refractivity contribution in [1.82, 2.24) is 10.3 Å².